The molecule has 1 fully saturated rings. The number of nitro groups is 1. The number of esters is 1. The monoisotopic (exact) mass is 493 g/mol. The van der Waals surface area contributed by atoms with Crippen molar-refractivity contribution in [1.82, 2.24) is 4.31 Å². The second kappa shape index (κ2) is 11.0. The van der Waals surface area contributed by atoms with Crippen molar-refractivity contribution in [3.63, 3.8) is 0 Å². The Bertz CT molecular complexity index is 1180. The molecular formula is C21H23N3O9S. The molecule has 0 atom stereocenters. The maximum absolute atomic E-state index is 12.9. The van der Waals surface area contributed by atoms with Gasteiger partial charge in [0, 0.05) is 24.8 Å². The molecule has 1 amide bonds. The third-order valence-electron chi connectivity index (χ3n) is 4.83. The highest BCUT2D eigenvalue weighted by Crippen LogP contribution is 2.26. The second-order valence-electron chi connectivity index (χ2n) is 7.22. The molecule has 34 heavy (non-hydrogen) atoms. The molecule has 0 unspecified atom stereocenters. The van der Waals surface area contributed by atoms with Crippen LogP contribution >= 0.6 is 0 Å². The van der Waals surface area contributed by atoms with Crippen LogP contribution in [0.5, 0.6) is 5.75 Å². The molecule has 1 aliphatic heterocycles. The Morgan fingerprint density at radius 3 is 2.56 bits per heavy atom. The SMILES string of the molecule is Cc1ccc(NC(=O)COC(=O)COc2ccccc2[N+](=O)[O-])cc1S(=O)(=O)N1CCOCC1. The summed E-state index contributed by atoms with van der Waals surface area (Å²) in [6.45, 7) is 1.45. The first-order valence-electron chi connectivity index (χ1n) is 10.2. The van der Waals surface area contributed by atoms with Gasteiger partial charge in [-0.15, -0.1) is 0 Å². The number of hydrogen-bond acceptors (Lipinski definition) is 9. The molecule has 0 saturated carbocycles. The number of benzene rings is 2. The molecule has 1 aliphatic rings. The van der Waals surface area contributed by atoms with Crippen molar-refractivity contribution >= 4 is 33.3 Å². The molecule has 1 saturated heterocycles. The molecule has 1 heterocycles. The minimum absolute atomic E-state index is 0.0575. The average Bonchev–Trinajstić information content (AvgIpc) is 2.83. The molecule has 0 radical (unpaired) electrons. The smallest absolute Gasteiger partial charge is 0.344 e. The quantitative estimate of drug-likeness (QED) is 0.311. The summed E-state index contributed by atoms with van der Waals surface area (Å²) in [5.74, 6) is -1.71. The van der Waals surface area contributed by atoms with Crippen molar-refractivity contribution in [2.75, 3.05) is 44.8 Å². The van der Waals surface area contributed by atoms with E-state index in [1.165, 1.54) is 40.7 Å². The second-order valence-corrected chi connectivity index (χ2v) is 9.13. The van der Waals surface area contributed by atoms with Crippen molar-refractivity contribution in [3.8, 4) is 5.75 Å². The molecule has 2 aromatic carbocycles. The van der Waals surface area contributed by atoms with Crippen LogP contribution in [0.25, 0.3) is 0 Å². The van der Waals surface area contributed by atoms with Crippen LogP contribution in [-0.2, 0) is 29.1 Å². The van der Waals surface area contributed by atoms with Gasteiger partial charge in [0.15, 0.2) is 19.0 Å². The molecule has 12 nitrogen and oxygen atoms in total. The van der Waals surface area contributed by atoms with Crippen molar-refractivity contribution in [2.45, 2.75) is 11.8 Å². The summed E-state index contributed by atoms with van der Waals surface area (Å²) in [5, 5.41) is 13.4. The third kappa shape index (κ3) is 6.27. The van der Waals surface area contributed by atoms with Crippen molar-refractivity contribution in [2.24, 2.45) is 0 Å². The molecule has 3 rings (SSSR count). The summed E-state index contributed by atoms with van der Waals surface area (Å²) in [7, 11) is -3.77. The summed E-state index contributed by atoms with van der Waals surface area (Å²) in [6, 6.07) is 9.96. The molecule has 182 valence electrons. The highest BCUT2D eigenvalue weighted by atomic mass is 32.2. The molecule has 13 heteroatoms. The van der Waals surface area contributed by atoms with Gasteiger partial charge in [-0.1, -0.05) is 18.2 Å². The Labute approximate surface area is 195 Å². The minimum atomic E-state index is -3.77. The maximum atomic E-state index is 12.9. The summed E-state index contributed by atoms with van der Waals surface area (Å²) < 4.78 is 42.4. The van der Waals surface area contributed by atoms with E-state index in [1.807, 2.05) is 0 Å². The van der Waals surface area contributed by atoms with E-state index in [9.17, 15) is 28.1 Å². The van der Waals surface area contributed by atoms with Gasteiger partial charge in [0.25, 0.3) is 5.91 Å². The number of anilines is 1. The lowest BCUT2D eigenvalue weighted by Crippen LogP contribution is -2.40. The predicted molar refractivity (Wildman–Crippen MR) is 119 cm³/mol. The Kier molecular flexibility index (Phi) is 8.15. The van der Waals surface area contributed by atoms with E-state index in [4.69, 9.17) is 14.2 Å². The fourth-order valence-corrected chi connectivity index (χ4v) is 4.79. The van der Waals surface area contributed by atoms with Gasteiger partial charge < -0.3 is 19.5 Å². The van der Waals surface area contributed by atoms with Crippen LogP contribution in [0, 0.1) is 17.0 Å². The summed E-state index contributed by atoms with van der Waals surface area (Å²) in [6.07, 6.45) is 0. The minimum Gasteiger partial charge on any atom is -0.475 e. The van der Waals surface area contributed by atoms with E-state index in [0.29, 0.717) is 18.8 Å². The Hall–Kier alpha value is -3.55. The number of nitrogens with one attached hydrogen (secondary N) is 1. The van der Waals surface area contributed by atoms with Crippen LogP contribution < -0.4 is 10.1 Å². The summed E-state index contributed by atoms with van der Waals surface area (Å²) in [5.41, 5.74) is 0.424. The topological polar surface area (TPSA) is 154 Å². The molecule has 0 aromatic heterocycles. The highest BCUT2D eigenvalue weighted by Gasteiger charge is 2.28. The van der Waals surface area contributed by atoms with Crippen LogP contribution in [0.15, 0.2) is 47.4 Å². The lowest BCUT2D eigenvalue weighted by atomic mass is 10.2. The first-order chi connectivity index (χ1) is 16.2. The standard InChI is InChI=1S/C21H23N3O9S/c1-15-6-7-16(12-19(15)34(29,30)23-8-10-31-11-9-23)22-20(25)13-33-21(26)14-32-18-5-3-2-4-17(18)24(27)28/h2-7,12H,8-11,13-14H2,1H3,(H,22,25). The van der Waals surface area contributed by atoms with E-state index < -0.39 is 40.0 Å². The molecule has 0 aliphatic carbocycles. The van der Waals surface area contributed by atoms with Crippen molar-refractivity contribution < 1.29 is 37.1 Å². The van der Waals surface area contributed by atoms with Crippen LogP contribution in [-0.4, -0.2) is 69.0 Å². The zero-order valence-electron chi connectivity index (χ0n) is 18.3. The summed E-state index contributed by atoms with van der Waals surface area (Å²) in [4.78, 5) is 34.4. The number of rotatable bonds is 9. The van der Waals surface area contributed by atoms with Crippen molar-refractivity contribution in [1.29, 1.82) is 0 Å². The normalized spacial score (nSPS) is 14.3. The van der Waals surface area contributed by atoms with Crippen LogP contribution in [0.3, 0.4) is 0 Å². The van der Waals surface area contributed by atoms with E-state index in [1.54, 1.807) is 13.0 Å². The number of carbonyl (C=O) groups excluding carboxylic acids is 2. The number of sulfonamides is 1. The number of hydrogen-bond donors (Lipinski definition) is 1. The first kappa shape index (κ1) is 25.1. The van der Waals surface area contributed by atoms with Gasteiger partial charge >= 0.3 is 11.7 Å². The Balaban J connectivity index is 1.55. The van der Waals surface area contributed by atoms with Gasteiger partial charge in [-0.3, -0.25) is 14.9 Å². The van der Waals surface area contributed by atoms with Gasteiger partial charge in [0.2, 0.25) is 10.0 Å². The van der Waals surface area contributed by atoms with Crippen molar-refractivity contribution in [3.05, 3.63) is 58.1 Å². The third-order valence-corrected chi connectivity index (χ3v) is 6.87. The van der Waals surface area contributed by atoms with Crippen LogP contribution in [0.2, 0.25) is 0 Å². The van der Waals surface area contributed by atoms with E-state index >= 15 is 0 Å². The van der Waals surface area contributed by atoms with Gasteiger partial charge in [0.1, 0.15) is 0 Å². The molecule has 2 aromatic rings. The number of morpholine rings is 1. The van der Waals surface area contributed by atoms with Gasteiger partial charge in [-0.25, -0.2) is 13.2 Å². The molecule has 0 bridgehead atoms. The molecule has 1 N–H and O–H groups in total. The number of para-hydroxylation sites is 2. The zero-order chi connectivity index (χ0) is 24.7. The largest absolute Gasteiger partial charge is 0.475 e. The fourth-order valence-electron chi connectivity index (χ4n) is 3.13. The highest BCUT2D eigenvalue weighted by molar-refractivity contribution is 7.89. The lowest BCUT2D eigenvalue weighted by molar-refractivity contribution is -0.385. The number of amides is 1. The number of aryl methyl sites for hydroxylation is 1. The lowest BCUT2D eigenvalue weighted by Gasteiger charge is -2.26. The first-order valence-corrected chi connectivity index (χ1v) is 11.6. The fraction of sp³-hybridized carbons (Fsp3) is 0.333. The zero-order valence-corrected chi connectivity index (χ0v) is 19.1. The maximum Gasteiger partial charge on any atom is 0.344 e. The molecular weight excluding hydrogens is 470 g/mol. The number of ether oxygens (including phenoxy) is 3. The average molecular weight is 493 g/mol. The Morgan fingerprint density at radius 1 is 1.15 bits per heavy atom. The van der Waals surface area contributed by atoms with Gasteiger partial charge in [-0.05, 0) is 30.7 Å². The predicted octanol–water partition coefficient (Wildman–Crippen LogP) is 1.48. The van der Waals surface area contributed by atoms with E-state index in [2.05, 4.69) is 5.32 Å². The van der Waals surface area contributed by atoms with Gasteiger partial charge in [-0.2, -0.15) is 4.31 Å². The van der Waals surface area contributed by atoms with Crippen LogP contribution in [0.4, 0.5) is 11.4 Å². The van der Waals surface area contributed by atoms with Gasteiger partial charge in [0.05, 0.1) is 23.0 Å². The van der Waals surface area contributed by atoms with Crippen LogP contribution in [0.1, 0.15) is 5.56 Å². The number of nitrogens with zero attached hydrogens (tertiary/aromatic N) is 2. The number of carbonyl (C=O) groups is 2. The number of nitro benzene ring substituents is 1. The van der Waals surface area contributed by atoms with E-state index in [0.717, 1.165) is 0 Å². The van der Waals surface area contributed by atoms with E-state index in [-0.39, 0.29) is 35.1 Å². The summed E-state index contributed by atoms with van der Waals surface area (Å²) >= 11 is 0. The Morgan fingerprint density at radius 2 is 1.85 bits per heavy atom. The molecule has 0 spiro atoms.